The van der Waals surface area contributed by atoms with Gasteiger partial charge >= 0.3 is 5.97 Å². The fourth-order valence-electron chi connectivity index (χ4n) is 3.15. The Morgan fingerprint density at radius 1 is 1.04 bits per heavy atom. The van der Waals surface area contributed by atoms with Gasteiger partial charge in [-0.3, -0.25) is 14.4 Å². The van der Waals surface area contributed by atoms with E-state index in [1.54, 1.807) is 49.4 Å². The summed E-state index contributed by atoms with van der Waals surface area (Å²) in [6, 6.07) is 11.8. The Bertz CT molecular complexity index is 1120. The molecule has 3 aromatic rings. The molecular weight excluding hydrogens is 364 g/mol. The number of hydrogen-bond donors (Lipinski definition) is 2. The van der Waals surface area contributed by atoms with Crippen LogP contribution in [0.2, 0.25) is 0 Å². The maximum absolute atomic E-state index is 13.0. The van der Waals surface area contributed by atoms with Crippen LogP contribution in [0.25, 0.3) is 0 Å². The average Bonchev–Trinajstić information content (AvgIpc) is 2.98. The molecule has 0 spiro atoms. The van der Waals surface area contributed by atoms with Gasteiger partial charge in [0.2, 0.25) is 0 Å². The molecule has 1 aliphatic rings. The topological polar surface area (TPSA) is 96.4 Å². The molecule has 0 radical (unpaired) electrons. The summed E-state index contributed by atoms with van der Waals surface area (Å²) in [6.45, 7) is 1.74. The van der Waals surface area contributed by atoms with E-state index in [2.05, 4.69) is 10.3 Å². The van der Waals surface area contributed by atoms with Crippen molar-refractivity contribution in [1.82, 2.24) is 4.98 Å². The van der Waals surface area contributed by atoms with Gasteiger partial charge in [-0.2, -0.15) is 0 Å². The number of nitrogens with one attached hydrogen (secondary N) is 1. The molecule has 4 rings (SSSR count). The number of carboxylic acids is 1. The zero-order chi connectivity index (χ0) is 19.1. The molecule has 2 N–H and O–H groups in total. The molecule has 1 aromatic heterocycles. The molecule has 0 saturated carbocycles. The zero-order valence-corrected chi connectivity index (χ0v) is 15.1. The summed E-state index contributed by atoms with van der Waals surface area (Å²) >= 11 is 1.22. The lowest BCUT2D eigenvalue weighted by Gasteiger charge is -2.20. The largest absolute Gasteiger partial charge is 0.481 e. The van der Waals surface area contributed by atoms with E-state index in [0.29, 0.717) is 43.6 Å². The quantitative estimate of drug-likeness (QED) is 0.563. The Hall–Kier alpha value is -3.32. The van der Waals surface area contributed by atoms with Gasteiger partial charge in [0.25, 0.3) is 0 Å². The molecule has 27 heavy (non-hydrogen) atoms. The number of rotatable bonds is 4. The summed E-state index contributed by atoms with van der Waals surface area (Å²) in [5, 5.41) is 12.6. The summed E-state index contributed by atoms with van der Waals surface area (Å²) in [5.74, 6) is -1.34. The number of aromatic nitrogens is 1. The Morgan fingerprint density at radius 3 is 2.41 bits per heavy atom. The van der Waals surface area contributed by atoms with Crippen LogP contribution in [0.4, 0.5) is 10.8 Å². The SMILES string of the molecule is Cc1nc(Nc2cccc3c2C(=O)c2ccccc2C3=O)sc1CC(=O)O. The van der Waals surface area contributed by atoms with Gasteiger partial charge in [0.05, 0.1) is 23.4 Å². The van der Waals surface area contributed by atoms with E-state index in [4.69, 9.17) is 5.11 Å². The van der Waals surface area contributed by atoms with Crippen LogP contribution in [-0.2, 0) is 11.2 Å². The minimum absolute atomic E-state index is 0.108. The van der Waals surface area contributed by atoms with Crippen molar-refractivity contribution < 1.29 is 19.5 Å². The monoisotopic (exact) mass is 378 g/mol. The van der Waals surface area contributed by atoms with Crippen molar-refractivity contribution in [2.24, 2.45) is 0 Å². The predicted octanol–water partition coefficient (Wildman–Crippen LogP) is 3.60. The molecule has 134 valence electrons. The smallest absolute Gasteiger partial charge is 0.308 e. The first kappa shape index (κ1) is 17.1. The lowest BCUT2D eigenvalue weighted by Crippen LogP contribution is -2.21. The molecule has 1 aliphatic carbocycles. The highest BCUT2D eigenvalue weighted by molar-refractivity contribution is 7.15. The third-order valence-corrected chi connectivity index (χ3v) is 5.47. The van der Waals surface area contributed by atoms with E-state index in [-0.39, 0.29) is 18.0 Å². The number of aryl methyl sites for hydroxylation is 1. The van der Waals surface area contributed by atoms with Crippen LogP contribution >= 0.6 is 11.3 Å². The number of ketones is 2. The van der Waals surface area contributed by atoms with Gasteiger partial charge < -0.3 is 10.4 Å². The van der Waals surface area contributed by atoms with Gasteiger partial charge in [0, 0.05) is 21.6 Å². The number of benzene rings is 2. The number of anilines is 2. The van der Waals surface area contributed by atoms with E-state index in [1.165, 1.54) is 11.3 Å². The number of thiazole rings is 1. The van der Waals surface area contributed by atoms with Gasteiger partial charge in [-0.05, 0) is 13.0 Å². The number of aliphatic carboxylic acids is 1. The van der Waals surface area contributed by atoms with Crippen LogP contribution in [0, 0.1) is 6.92 Å². The Morgan fingerprint density at radius 2 is 1.70 bits per heavy atom. The molecule has 0 atom stereocenters. The van der Waals surface area contributed by atoms with Crippen molar-refractivity contribution in [1.29, 1.82) is 0 Å². The van der Waals surface area contributed by atoms with Gasteiger partial charge in [0.1, 0.15) is 0 Å². The highest BCUT2D eigenvalue weighted by Gasteiger charge is 2.31. The van der Waals surface area contributed by atoms with Gasteiger partial charge in [-0.1, -0.05) is 36.4 Å². The second kappa shape index (κ2) is 6.44. The van der Waals surface area contributed by atoms with Crippen LogP contribution in [0.3, 0.4) is 0 Å². The summed E-state index contributed by atoms with van der Waals surface area (Å²) < 4.78 is 0. The number of carboxylic acid groups (broad SMARTS) is 1. The maximum atomic E-state index is 13.0. The molecule has 6 nitrogen and oxygen atoms in total. The molecule has 1 heterocycles. The third kappa shape index (κ3) is 2.92. The lowest BCUT2D eigenvalue weighted by atomic mass is 9.83. The minimum Gasteiger partial charge on any atom is -0.481 e. The first-order valence-corrected chi connectivity index (χ1v) is 9.04. The van der Waals surface area contributed by atoms with Crippen molar-refractivity contribution >= 4 is 39.7 Å². The minimum atomic E-state index is -0.928. The highest BCUT2D eigenvalue weighted by Crippen LogP contribution is 2.34. The van der Waals surface area contributed by atoms with E-state index < -0.39 is 5.97 Å². The maximum Gasteiger partial charge on any atom is 0.308 e. The fraction of sp³-hybridized carbons (Fsp3) is 0.100. The van der Waals surface area contributed by atoms with Crippen molar-refractivity contribution in [3.63, 3.8) is 0 Å². The number of fused-ring (bicyclic) bond motifs is 2. The molecule has 2 aromatic carbocycles. The zero-order valence-electron chi connectivity index (χ0n) is 14.3. The lowest BCUT2D eigenvalue weighted by molar-refractivity contribution is -0.136. The molecule has 0 amide bonds. The van der Waals surface area contributed by atoms with E-state index in [9.17, 15) is 14.4 Å². The first-order valence-electron chi connectivity index (χ1n) is 8.22. The third-order valence-electron chi connectivity index (χ3n) is 4.40. The summed E-state index contributed by atoms with van der Waals surface area (Å²) in [6.07, 6.45) is -0.108. The molecule has 0 aliphatic heterocycles. The molecule has 7 heteroatoms. The predicted molar refractivity (Wildman–Crippen MR) is 101 cm³/mol. The van der Waals surface area contributed by atoms with Crippen LogP contribution in [-0.4, -0.2) is 27.6 Å². The number of nitrogens with zero attached hydrogens (tertiary/aromatic N) is 1. The number of hydrogen-bond acceptors (Lipinski definition) is 6. The Balaban J connectivity index is 1.76. The van der Waals surface area contributed by atoms with Gasteiger partial charge in [0.15, 0.2) is 16.7 Å². The molecule has 0 fully saturated rings. The van der Waals surface area contributed by atoms with Crippen molar-refractivity contribution in [3.8, 4) is 0 Å². The molecule has 0 saturated heterocycles. The summed E-state index contributed by atoms with van der Waals surface area (Å²) in [7, 11) is 0. The summed E-state index contributed by atoms with van der Waals surface area (Å²) in [4.78, 5) is 41.7. The summed E-state index contributed by atoms with van der Waals surface area (Å²) in [5.41, 5.74) is 2.56. The first-order chi connectivity index (χ1) is 13.0. The van der Waals surface area contributed by atoms with Gasteiger partial charge in [-0.15, -0.1) is 11.3 Å². The van der Waals surface area contributed by atoms with Crippen LogP contribution in [0.15, 0.2) is 42.5 Å². The van der Waals surface area contributed by atoms with Crippen molar-refractivity contribution in [2.45, 2.75) is 13.3 Å². The number of carbonyl (C=O) groups is 3. The second-order valence-corrected chi connectivity index (χ2v) is 7.24. The second-order valence-electron chi connectivity index (χ2n) is 6.16. The van der Waals surface area contributed by atoms with E-state index >= 15 is 0 Å². The van der Waals surface area contributed by atoms with Crippen LogP contribution in [0.1, 0.15) is 42.4 Å². The van der Waals surface area contributed by atoms with Crippen LogP contribution < -0.4 is 5.32 Å². The molecular formula is C20H14N2O4S. The fourth-order valence-corrected chi connectivity index (χ4v) is 4.11. The Kier molecular flexibility index (Phi) is 4.08. The van der Waals surface area contributed by atoms with Crippen LogP contribution in [0.5, 0.6) is 0 Å². The normalized spacial score (nSPS) is 12.5. The van der Waals surface area contributed by atoms with Crippen molar-refractivity contribution in [2.75, 3.05) is 5.32 Å². The van der Waals surface area contributed by atoms with Crippen molar-refractivity contribution in [3.05, 3.63) is 75.3 Å². The van der Waals surface area contributed by atoms with Gasteiger partial charge in [-0.25, -0.2) is 4.98 Å². The van der Waals surface area contributed by atoms with E-state index in [1.807, 2.05) is 0 Å². The highest BCUT2D eigenvalue weighted by atomic mass is 32.1. The Labute approximate surface area is 158 Å². The number of carbonyl (C=O) groups excluding carboxylic acids is 2. The molecule has 0 unspecified atom stereocenters. The molecule has 0 bridgehead atoms. The van der Waals surface area contributed by atoms with E-state index in [0.717, 1.165) is 0 Å². The standard InChI is InChI=1S/C20H14N2O4S/c1-10-15(9-16(23)24)27-20(21-10)22-14-8-4-7-13-17(14)19(26)12-6-3-2-5-11(12)18(13)25/h2-8H,9H2,1H3,(H,21,22)(H,23,24). The average molecular weight is 378 g/mol.